The van der Waals surface area contributed by atoms with Crippen molar-refractivity contribution >= 4 is 29.3 Å². The molecule has 140 valence electrons. The topological polar surface area (TPSA) is 96.6 Å². The third-order valence-electron chi connectivity index (χ3n) is 4.16. The number of hydrogen-bond acceptors (Lipinski definition) is 5. The Balaban J connectivity index is 1.74. The van der Waals surface area contributed by atoms with Gasteiger partial charge in [0.15, 0.2) is 11.5 Å². The van der Waals surface area contributed by atoms with E-state index in [0.29, 0.717) is 5.82 Å². The highest BCUT2D eigenvalue weighted by Gasteiger charge is 2.20. The van der Waals surface area contributed by atoms with Gasteiger partial charge in [-0.1, -0.05) is 18.2 Å². The molecule has 2 N–H and O–H groups in total. The fraction of sp³-hybridized carbons (Fsp3) is 0.263. The predicted molar refractivity (Wildman–Crippen MR) is 104 cm³/mol. The minimum absolute atomic E-state index is 0.142. The number of pyridine rings is 1. The molecule has 3 aromatic rings. The number of carboxylic acids is 1. The summed E-state index contributed by atoms with van der Waals surface area (Å²) < 4.78 is 1.88. The molecule has 0 saturated carbocycles. The number of hydrogen-bond donors (Lipinski definition) is 2. The van der Waals surface area contributed by atoms with Crippen molar-refractivity contribution in [2.75, 3.05) is 12.0 Å². The zero-order valence-electron chi connectivity index (χ0n) is 14.8. The van der Waals surface area contributed by atoms with Crippen molar-refractivity contribution in [1.82, 2.24) is 19.9 Å². The number of amides is 1. The summed E-state index contributed by atoms with van der Waals surface area (Å²) in [5.74, 6) is 0.452. The summed E-state index contributed by atoms with van der Waals surface area (Å²) in [6.45, 7) is 0. The lowest BCUT2D eigenvalue weighted by molar-refractivity contribution is -0.121. The van der Waals surface area contributed by atoms with Crippen LogP contribution in [0.5, 0.6) is 0 Å². The van der Waals surface area contributed by atoms with Gasteiger partial charge in [-0.3, -0.25) is 9.20 Å². The Kier molecular flexibility index (Phi) is 6.08. The summed E-state index contributed by atoms with van der Waals surface area (Å²) in [5.41, 5.74) is 1.69. The fourth-order valence-corrected chi connectivity index (χ4v) is 3.27. The second-order valence-corrected chi connectivity index (χ2v) is 7.05. The number of nitrogens with zero attached hydrogens (tertiary/aromatic N) is 3. The molecule has 2 aromatic heterocycles. The van der Waals surface area contributed by atoms with E-state index < -0.39 is 5.97 Å². The van der Waals surface area contributed by atoms with Crippen LogP contribution in [0.1, 0.15) is 34.2 Å². The zero-order valence-corrected chi connectivity index (χ0v) is 15.6. The first-order valence-corrected chi connectivity index (χ1v) is 9.88. The highest BCUT2D eigenvalue weighted by atomic mass is 32.2. The monoisotopic (exact) mass is 384 g/mol. The van der Waals surface area contributed by atoms with Crippen LogP contribution in [0, 0.1) is 0 Å². The highest BCUT2D eigenvalue weighted by Crippen LogP contribution is 2.18. The summed E-state index contributed by atoms with van der Waals surface area (Å²) in [4.78, 5) is 23.5. The molecule has 3 rings (SSSR count). The Morgan fingerprint density at radius 2 is 1.96 bits per heavy atom. The van der Waals surface area contributed by atoms with Gasteiger partial charge in [0.1, 0.15) is 0 Å². The molecule has 0 spiro atoms. The second-order valence-electron chi connectivity index (χ2n) is 6.07. The molecule has 7 nitrogen and oxygen atoms in total. The molecule has 0 aliphatic rings. The van der Waals surface area contributed by atoms with Crippen LogP contribution in [0.3, 0.4) is 0 Å². The van der Waals surface area contributed by atoms with E-state index in [9.17, 15) is 9.59 Å². The number of carbonyl (C=O) groups excluding carboxylic acids is 1. The smallest absolute Gasteiger partial charge is 0.335 e. The van der Waals surface area contributed by atoms with Gasteiger partial charge in [0.2, 0.25) is 5.91 Å². The lowest BCUT2D eigenvalue weighted by atomic mass is 10.1. The average molecular weight is 384 g/mol. The van der Waals surface area contributed by atoms with Crippen molar-refractivity contribution in [2.24, 2.45) is 0 Å². The fourth-order valence-electron chi connectivity index (χ4n) is 2.79. The third kappa shape index (κ3) is 4.65. The van der Waals surface area contributed by atoms with Crippen LogP contribution in [-0.4, -0.2) is 43.6 Å². The average Bonchev–Trinajstić information content (AvgIpc) is 3.09. The van der Waals surface area contributed by atoms with Gasteiger partial charge in [0.25, 0.3) is 0 Å². The summed E-state index contributed by atoms with van der Waals surface area (Å²) in [7, 11) is 0. The molecular formula is C19H20N4O3S. The summed E-state index contributed by atoms with van der Waals surface area (Å²) in [6.07, 6.45) is 4.81. The Labute approximate surface area is 160 Å². The SMILES string of the molecule is CSCCC(NC(=O)Cc1ccc(C(=O)O)cc1)c1nnc2ccccn12. The van der Waals surface area contributed by atoms with Crippen molar-refractivity contribution in [3.05, 3.63) is 65.6 Å². The highest BCUT2D eigenvalue weighted by molar-refractivity contribution is 7.98. The standard InChI is InChI=1S/C19H20N4O3S/c1-27-11-9-15(18-22-21-16-4-2-3-10-23(16)18)20-17(24)12-13-5-7-14(8-6-13)19(25)26/h2-8,10,15H,9,11-12H2,1H3,(H,20,24)(H,25,26). The van der Waals surface area contributed by atoms with E-state index >= 15 is 0 Å². The molecule has 2 heterocycles. The summed E-state index contributed by atoms with van der Waals surface area (Å²) in [5, 5.41) is 20.4. The number of benzene rings is 1. The lowest BCUT2D eigenvalue weighted by Gasteiger charge is -2.17. The van der Waals surface area contributed by atoms with Crippen molar-refractivity contribution in [3.63, 3.8) is 0 Å². The summed E-state index contributed by atoms with van der Waals surface area (Å²) >= 11 is 1.70. The van der Waals surface area contributed by atoms with Gasteiger partial charge >= 0.3 is 5.97 Å². The van der Waals surface area contributed by atoms with E-state index in [1.54, 1.807) is 23.9 Å². The van der Waals surface area contributed by atoms with Crippen LogP contribution in [0.4, 0.5) is 0 Å². The molecule has 0 aliphatic heterocycles. The first kappa shape index (κ1) is 18.9. The molecule has 1 aromatic carbocycles. The van der Waals surface area contributed by atoms with Crippen molar-refractivity contribution < 1.29 is 14.7 Å². The zero-order chi connectivity index (χ0) is 19.2. The van der Waals surface area contributed by atoms with Crippen LogP contribution in [0.2, 0.25) is 0 Å². The number of thioether (sulfide) groups is 1. The van der Waals surface area contributed by atoms with Crippen LogP contribution < -0.4 is 5.32 Å². The Morgan fingerprint density at radius 3 is 2.67 bits per heavy atom. The van der Waals surface area contributed by atoms with E-state index in [2.05, 4.69) is 15.5 Å². The van der Waals surface area contributed by atoms with E-state index in [1.165, 1.54) is 12.1 Å². The molecule has 0 saturated heterocycles. The predicted octanol–water partition coefficient (Wildman–Crippen LogP) is 2.58. The molecular weight excluding hydrogens is 364 g/mol. The van der Waals surface area contributed by atoms with Gasteiger partial charge < -0.3 is 10.4 Å². The summed E-state index contributed by atoms with van der Waals surface area (Å²) in [6, 6.07) is 11.7. The van der Waals surface area contributed by atoms with E-state index in [4.69, 9.17) is 5.11 Å². The van der Waals surface area contributed by atoms with E-state index in [1.807, 2.05) is 35.1 Å². The number of fused-ring (bicyclic) bond motifs is 1. The van der Waals surface area contributed by atoms with Gasteiger partial charge in [0, 0.05) is 6.20 Å². The molecule has 0 fully saturated rings. The molecule has 1 amide bonds. The number of carboxylic acid groups (broad SMARTS) is 1. The molecule has 0 aliphatic carbocycles. The molecule has 0 bridgehead atoms. The van der Waals surface area contributed by atoms with Crippen molar-refractivity contribution in [3.8, 4) is 0 Å². The van der Waals surface area contributed by atoms with Gasteiger partial charge in [-0.15, -0.1) is 10.2 Å². The maximum Gasteiger partial charge on any atom is 0.335 e. The van der Waals surface area contributed by atoms with Gasteiger partial charge in [0.05, 0.1) is 18.0 Å². The first-order chi connectivity index (χ1) is 13.1. The van der Waals surface area contributed by atoms with Crippen LogP contribution in [0.15, 0.2) is 48.7 Å². The van der Waals surface area contributed by atoms with Crippen LogP contribution in [-0.2, 0) is 11.2 Å². The van der Waals surface area contributed by atoms with E-state index in [-0.39, 0.29) is 23.9 Å². The minimum Gasteiger partial charge on any atom is -0.478 e. The third-order valence-corrected chi connectivity index (χ3v) is 4.81. The lowest BCUT2D eigenvalue weighted by Crippen LogP contribution is -2.31. The maximum atomic E-state index is 12.5. The molecule has 1 atom stereocenters. The second kappa shape index (κ2) is 8.68. The Bertz CT molecular complexity index is 940. The maximum absolute atomic E-state index is 12.5. The van der Waals surface area contributed by atoms with Crippen molar-refractivity contribution in [1.29, 1.82) is 0 Å². The number of nitrogens with one attached hydrogen (secondary N) is 1. The molecule has 27 heavy (non-hydrogen) atoms. The van der Waals surface area contributed by atoms with Crippen LogP contribution >= 0.6 is 11.8 Å². The Morgan fingerprint density at radius 1 is 1.19 bits per heavy atom. The Hall–Kier alpha value is -2.87. The van der Waals surface area contributed by atoms with Gasteiger partial charge in [-0.2, -0.15) is 11.8 Å². The normalized spacial score (nSPS) is 12.0. The number of aromatic nitrogens is 3. The quantitative estimate of drug-likeness (QED) is 0.620. The van der Waals surface area contributed by atoms with Gasteiger partial charge in [-0.05, 0) is 48.3 Å². The number of aromatic carboxylic acids is 1. The minimum atomic E-state index is -0.984. The largest absolute Gasteiger partial charge is 0.478 e. The van der Waals surface area contributed by atoms with Gasteiger partial charge in [-0.25, -0.2) is 4.79 Å². The number of carbonyl (C=O) groups is 2. The van der Waals surface area contributed by atoms with Crippen molar-refractivity contribution in [2.45, 2.75) is 18.9 Å². The number of rotatable bonds is 8. The van der Waals surface area contributed by atoms with E-state index in [0.717, 1.165) is 23.4 Å². The molecule has 8 heteroatoms. The van der Waals surface area contributed by atoms with Crippen LogP contribution in [0.25, 0.3) is 5.65 Å². The molecule has 1 unspecified atom stereocenters. The molecule has 0 radical (unpaired) electrons. The first-order valence-electron chi connectivity index (χ1n) is 8.48.